The first-order valence-electron chi connectivity index (χ1n) is 6.53. The smallest absolute Gasteiger partial charge is 0.270 e. The highest BCUT2D eigenvalue weighted by atomic mass is 35.5. The summed E-state index contributed by atoms with van der Waals surface area (Å²) in [4.78, 5) is 24.3. The van der Waals surface area contributed by atoms with E-state index in [2.05, 4.69) is 13.8 Å². The van der Waals surface area contributed by atoms with E-state index in [0.29, 0.717) is 18.7 Å². The van der Waals surface area contributed by atoms with E-state index in [1.807, 2.05) is 0 Å². The maximum atomic E-state index is 12.4. The Morgan fingerprint density at radius 1 is 1.35 bits per heavy atom. The summed E-state index contributed by atoms with van der Waals surface area (Å²) in [5.74, 6) is -0.152. The predicted molar refractivity (Wildman–Crippen MR) is 77.0 cm³/mol. The average Bonchev–Trinajstić information content (AvgIpc) is 2.37. The first kappa shape index (κ1) is 14.8. The van der Waals surface area contributed by atoms with Gasteiger partial charge in [0.25, 0.3) is 11.6 Å². The molecule has 0 saturated carbocycles. The van der Waals surface area contributed by atoms with Gasteiger partial charge in [-0.2, -0.15) is 0 Å². The van der Waals surface area contributed by atoms with E-state index in [9.17, 15) is 14.9 Å². The van der Waals surface area contributed by atoms with Crippen LogP contribution in [0.1, 0.15) is 37.0 Å². The lowest BCUT2D eigenvalue weighted by atomic mass is 9.82. The molecule has 1 saturated heterocycles. The molecule has 108 valence electrons. The fraction of sp³-hybridized carbons (Fsp3) is 0.500. The molecule has 0 unspecified atom stereocenters. The number of carbonyl (C=O) groups excluding carboxylic acids is 1. The van der Waals surface area contributed by atoms with Crippen molar-refractivity contribution in [2.24, 2.45) is 5.41 Å². The lowest BCUT2D eigenvalue weighted by Gasteiger charge is -2.37. The molecule has 0 bridgehead atoms. The third kappa shape index (κ3) is 3.10. The Balaban J connectivity index is 2.16. The van der Waals surface area contributed by atoms with Crippen molar-refractivity contribution in [3.05, 3.63) is 38.9 Å². The topological polar surface area (TPSA) is 63.5 Å². The number of amides is 1. The molecule has 1 aliphatic heterocycles. The number of benzene rings is 1. The summed E-state index contributed by atoms with van der Waals surface area (Å²) < 4.78 is 0. The van der Waals surface area contributed by atoms with Crippen LogP contribution in [0.3, 0.4) is 0 Å². The molecule has 20 heavy (non-hydrogen) atoms. The van der Waals surface area contributed by atoms with Crippen LogP contribution >= 0.6 is 11.6 Å². The maximum Gasteiger partial charge on any atom is 0.270 e. The maximum absolute atomic E-state index is 12.4. The molecule has 1 aromatic carbocycles. The molecular formula is C14H17ClN2O3. The van der Waals surface area contributed by atoms with Crippen molar-refractivity contribution in [2.45, 2.75) is 26.7 Å². The van der Waals surface area contributed by atoms with Crippen LogP contribution in [0, 0.1) is 15.5 Å². The van der Waals surface area contributed by atoms with Gasteiger partial charge in [0.05, 0.1) is 15.5 Å². The van der Waals surface area contributed by atoms with Gasteiger partial charge in [0, 0.05) is 25.2 Å². The fourth-order valence-corrected chi connectivity index (χ4v) is 2.53. The van der Waals surface area contributed by atoms with Gasteiger partial charge >= 0.3 is 0 Å². The fourth-order valence-electron chi connectivity index (χ4n) is 2.28. The van der Waals surface area contributed by atoms with Crippen LogP contribution in [0.15, 0.2) is 18.2 Å². The average molecular weight is 297 g/mol. The third-order valence-electron chi connectivity index (χ3n) is 3.80. The molecule has 0 aliphatic carbocycles. The summed E-state index contributed by atoms with van der Waals surface area (Å²) >= 11 is 5.99. The van der Waals surface area contributed by atoms with Crippen molar-refractivity contribution in [1.82, 2.24) is 4.90 Å². The number of rotatable bonds is 2. The number of carbonyl (C=O) groups is 1. The number of hydrogen-bond acceptors (Lipinski definition) is 3. The summed E-state index contributed by atoms with van der Waals surface area (Å²) in [6, 6.07) is 3.97. The molecule has 2 rings (SSSR count). The Hall–Kier alpha value is -1.62. The Morgan fingerprint density at radius 3 is 2.45 bits per heavy atom. The minimum atomic E-state index is -0.524. The van der Waals surface area contributed by atoms with Gasteiger partial charge in [-0.3, -0.25) is 14.9 Å². The zero-order chi connectivity index (χ0) is 14.9. The monoisotopic (exact) mass is 296 g/mol. The van der Waals surface area contributed by atoms with Crippen LogP contribution in [0.5, 0.6) is 0 Å². The number of hydrogen-bond donors (Lipinski definition) is 0. The van der Waals surface area contributed by atoms with Crippen LogP contribution < -0.4 is 0 Å². The van der Waals surface area contributed by atoms with Gasteiger partial charge in [-0.25, -0.2) is 0 Å². The number of non-ortho nitro benzene ring substituents is 1. The summed E-state index contributed by atoms with van der Waals surface area (Å²) in [6.07, 6.45) is 1.90. The second-order valence-corrected chi connectivity index (χ2v) is 6.28. The van der Waals surface area contributed by atoms with Crippen molar-refractivity contribution in [3.8, 4) is 0 Å². The van der Waals surface area contributed by atoms with E-state index in [4.69, 9.17) is 11.6 Å². The number of nitro groups is 1. The van der Waals surface area contributed by atoms with Crippen molar-refractivity contribution in [2.75, 3.05) is 13.1 Å². The van der Waals surface area contributed by atoms with E-state index < -0.39 is 4.92 Å². The molecule has 1 heterocycles. The van der Waals surface area contributed by atoms with Gasteiger partial charge in [0.2, 0.25) is 0 Å². The van der Waals surface area contributed by atoms with Gasteiger partial charge in [-0.05, 0) is 24.3 Å². The molecule has 1 fully saturated rings. The standard InChI is InChI=1S/C14H17ClN2O3/c1-14(2)5-7-16(8-6-14)13(18)11-4-3-10(17(19)20)9-12(11)15/h3-4,9H,5-8H2,1-2H3. The minimum absolute atomic E-state index is 0.105. The Labute approximate surface area is 122 Å². The van der Waals surface area contributed by atoms with E-state index in [1.165, 1.54) is 18.2 Å². The van der Waals surface area contributed by atoms with Crippen molar-refractivity contribution < 1.29 is 9.72 Å². The first-order valence-corrected chi connectivity index (χ1v) is 6.91. The van der Waals surface area contributed by atoms with Crippen LogP contribution in [0.2, 0.25) is 5.02 Å². The van der Waals surface area contributed by atoms with E-state index in [1.54, 1.807) is 4.90 Å². The summed E-state index contributed by atoms with van der Waals surface area (Å²) in [6.45, 7) is 5.76. The molecule has 6 heteroatoms. The first-order chi connectivity index (χ1) is 9.30. The second kappa shape index (κ2) is 5.40. The lowest BCUT2D eigenvalue weighted by Crippen LogP contribution is -2.41. The zero-order valence-corrected chi connectivity index (χ0v) is 12.3. The van der Waals surface area contributed by atoms with E-state index >= 15 is 0 Å². The van der Waals surface area contributed by atoms with Crippen molar-refractivity contribution in [1.29, 1.82) is 0 Å². The van der Waals surface area contributed by atoms with Crippen LogP contribution in [-0.2, 0) is 0 Å². The lowest BCUT2D eigenvalue weighted by molar-refractivity contribution is -0.384. The van der Waals surface area contributed by atoms with Crippen molar-refractivity contribution in [3.63, 3.8) is 0 Å². The largest absolute Gasteiger partial charge is 0.339 e. The summed E-state index contributed by atoms with van der Waals surface area (Å²) in [7, 11) is 0. The highest BCUT2D eigenvalue weighted by molar-refractivity contribution is 6.34. The summed E-state index contributed by atoms with van der Waals surface area (Å²) in [5.41, 5.74) is 0.485. The Morgan fingerprint density at radius 2 is 1.95 bits per heavy atom. The van der Waals surface area contributed by atoms with Crippen LogP contribution in [0.4, 0.5) is 5.69 Å². The highest BCUT2D eigenvalue weighted by Crippen LogP contribution is 2.31. The number of halogens is 1. The molecule has 0 radical (unpaired) electrons. The molecule has 5 nitrogen and oxygen atoms in total. The van der Waals surface area contributed by atoms with Gasteiger partial charge in [0.15, 0.2) is 0 Å². The molecule has 1 aliphatic rings. The van der Waals surface area contributed by atoms with Crippen LogP contribution in [-0.4, -0.2) is 28.8 Å². The third-order valence-corrected chi connectivity index (χ3v) is 4.11. The van der Waals surface area contributed by atoms with Crippen molar-refractivity contribution >= 4 is 23.2 Å². The van der Waals surface area contributed by atoms with Crippen LogP contribution in [0.25, 0.3) is 0 Å². The summed E-state index contributed by atoms with van der Waals surface area (Å²) in [5, 5.41) is 10.8. The Kier molecular flexibility index (Phi) is 3.99. The van der Waals surface area contributed by atoms with E-state index in [-0.39, 0.29) is 22.0 Å². The molecule has 0 N–H and O–H groups in total. The van der Waals surface area contributed by atoms with E-state index in [0.717, 1.165) is 12.8 Å². The number of piperidine rings is 1. The van der Waals surface area contributed by atoms with Gasteiger partial charge in [0.1, 0.15) is 0 Å². The minimum Gasteiger partial charge on any atom is -0.339 e. The van der Waals surface area contributed by atoms with Gasteiger partial charge in [-0.1, -0.05) is 25.4 Å². The molecule has 0 aromatic heterocycles. The predicted octanol–water partition coefficient (Wildman–Crippen LogP) is 3.51. The second-order valence-electron chi connectivity index (χ2n) is 5.88. The quantitative estimate of drug-likeness (QED) is 0.619. The number of nitro benzene ring substituents is 1. The SMILES string of the molecule is CC1(C)CCN(C(=O)c2ccc([N+](=O)[O-])cc2Cl)CC1. The molecule has 1 aromatic rings. The molecule has 0 spiro atoms. The zero-order valence-electron chi connectivity index (χ0n) is 11.6. The number of likely N-dealkylation sites (tertiary alicyclic amines) is 1. The molecular weight excluding hydrogens is 280 g/mol. The molecule has 0 atom stereocenters. The van der Waals surface area contributed by atoms with Gasteiger partial charge in [-0.15, -0.1) is 0 Å². The molecule has 1 amide bonds. The Bertz CT molecular complexity index is 547. The van der Waals surface area contributed by atoms with Gasteiger partial charge < -0.3 is 4.90 Å². The highest BCUT2D eigenvalue weighted by Gasteiger charge is 2.29. The number of nitrogens with zero attached hydrogens (tertiary/aromatic N) is 2. The normalized spacial score (nSPS) is 17.9.